The van der Waals surface area contributed by atoms with Crippen molar-refractivity contribution in [1.29, 1.82) is 0 Å². The van der Waals surface area contributed by atoms with Crippen molar-refractivity contribution in [1.82, 2.24) is 34.6 Å². The van der Waals surface area contributed by atoms with Crippen LogP contribution in [0.4, 0.5) is 0 Å². The third-order valence-electron chi connectivity index (χ3n) is 5.38. The summed E-state index contributed by atoms with van der Waals surface area (Å²) in [7, 11) is 0. The molecule has 1 aliphatic rings. The van der Waals surface area contributed by atoms with Crippen LogP contribution in [0.1, 0.15) is 57.1 Å². The van der Waals surface area contributed by atoms with Gasteiger partial charge in [-0.25, -0.2) is 4.68 Å². The average Bonchev–Trinajstić information content (AvgIpc) is 3.28. The van der Waals surface area contributed by atoms with Gasteiger partial charge in [-0.05, 0) is 33.1 Å². The van der Waals surface area contributed by atoms with Gasteiger partial charge in [-0.2, -0.15) is 5.10 Å². The summed E-state index contributed by atoms with van der Waals surface area (Å²) in [6.07, 6.45) is 4.34. The molecule has 2 aromatic rings. The van der Waals surface area contributed by atoms with Gasteiger partial charge in [0.05, 0.1) is 24.1 Å². The van der Waals surface area contributed by atoms with Crippen molar-refractivity contribution in [3.05, 3.63) is 29.3 Å². The van der Waals surface area contributed by atoms with Crippen LogP contribution in [0.5, 0.6) is 0 Å². The van der Waals surface area contributed by atoms with E-state index in [0.717, 1.165) is 23.5 Å². The van der Waals surface area contributed by atoms with Crippen LogP contribution < -0.4 is 0 Å². The Hall–Kier alpha value is -2.71. The van der Waals surface area contributed by atoms with Crippen LogP contribution in [0.25, 0.3) is 0 Å². The second-order valence-electron chi connectivity index (χ2n) is 8.01. The lowest BCUT2D eigenvalue weighted by molar-refractivity contribution is -0.145. The largest absolute Gasteiger partial charge is 0.337 e. The van der Waals surface area contributed by atoms with Gasteiger partial charge in [-0.1, -0.05) is 19.1 Å². The molecule has 0 radical (unpaired) electrons. The number of nitrogens with zero attached hydrogens (tertiary/aromatic N) is 7. The molecule has 3 heterocycles. The summed E-state index contributed by atoms with van der Waals surface area (Å²) in [5, 5.41) is 12.5. The van der Waals surface area contributed by atoms with Gasteiger partial charge >= 0.3 is 0 Å². The van der Waals surface area contributed by atoms with Crippen LogP contribution in [0.2, 0.25) is 0 Å². The molecular weight excluding hydrogens is 370 g/mol. The summed E-state index contributed by atoms with van der Waals surface area (Å²) in [5.74, 6) is 0.215. The normalized spacial score (nSPS) is 16.4. The van der Waals surface area contributed by atoms with Gasteiger partial charge in [0.25, 0.3) is 0 Å². The van der Waals surface area contributed by atoms with Crippen molar-refractivity contribution < 1.29 is 9.59 Å². The van der Waals surface area contributed by atoms with E-state index in [0.29, 0.717) is 32.0 Å². The van der Waals surface area contributed by atoms with E-state index in [1.54, 1.807) is 20.7 Å². The van der Waals surface area contributed by atoms with Crippen LogP contribution in [-0.2, 0) is 29.2 Å². The SMILES string of the molecule is CCN(Cc1cn(CC)nc1C)C(=O)CN1Cc2cnnn2[C@@H](CC(C)C)C1=O. The van der Waals surface area contributed by atoms with E-state index in [1.807, 2.05) is 31.6 Å². The number of hydrogen-bond donors (Lipinski definition) is 0. The maximum absolute atomic E-state index is 13.1. The highest BCUT2D eigenvalue weighted by Crippen LogP contribution is 2.26. The van der Waals surface area contributed by atoms with E-state index >= 15 is 0 Å². The molecule has 158 valence electrons. The first-order valence-corrected chi connectivity index (χ1v) is 10.3. The van der Waals surface area contributed by atoms with E-state index in [2.05, 4.69) is 29.3 Å². The Labute approximate surface area is 171 Å². The predicted molar refractivity (Wildman–Crippen MR) is 108 cm³/mol. The van der Waals surface area contributed by atoms with Gasteiger partial charge in [0.15, 0.2) is 0 Å². The molecule has 1 atom stereocenters. The Balaban J connectivity index is 1.72. The number of carbonyl (C=O) groups excluding carboxylic acids is 2. The lowest BCUT2D eigenvalue weighted by atomic mass is 10.0. The molecule has 9 nitrogen and oxygen atoms in total. The summed E-state index contributed by atoms with van der Waals surface area (Å²) in [6, 6.07) is -0.394. The van der Waals surface area contributed by atoms with Crippen molar-refractivity contribution in [2.75, 3.05) is 13.1 Å². The average molecular weight is 402 g/mol. The van der Waals surface area contributed by atoms with Gasteiger partial charge in [0, 0.05) is 31.4 Å². The second-order valence-corrected chi connectivity index (χ2v) is 8.01. The zero-order valence-electron chi connectivity index (χ0n) is 18.0. The Morgan fingerprint density at radius 1 is 1.34 bits per heavy atom. The van der Waals surface area contributed by atoms with Crippen LogP contribution in [-0.4, -0.2) is 59.5 Å². The van der Waals surface area contributed by atoms with E-state index in [-0.39, 0.29) is 18.4 Å². The number of rotatable bonds is 8. The number of aryl methyl sites for hydroxylation is 2. The third-order valence-corrected chi connectivity index (χ3v) is 5.38. The first-order valence-electron chi connectivity index (χ1n) is 10.3. The maximum Gasteiger partial charge on any atom is 0.248 e. The van der Waals surface area contributed by atoms with E-state index in [1.165, 1.54) is 0 Å². The van der Waals surface area contributed by atoms with E-state index in [9.17, 15) is 9.59 Å². The Morgan fingerprint density at radius 2 is 2.10 bits per heavy atom. The van der Waals surface area contributed by atoms with Crippen molar-refractivity contribution in [3.8, 4) is 0 Å². The lowest BCUT2D eigenvalue weighted by Crippen LogP contribution is -2.48. The van der Waals surface area contributed by atoms with Crippen molar-refractivity contribution in [2.45, 2.75) is 66.7 Å². The van der Waals surface area contributed by atoms with Gasteiger partial charge < -0.3 is 9.80 Å². The topological polar surface area (TPSA) is 89.2 Å². The van der Waals surface area contributed by atoms with E-state index < -0.39 is 6.04 Å². The molecule has 2 amide bonds. The van der Waals surface area contributed by atoms with Gasteiger partial charge in [0.2, 0.25) is 11.8 Å². The minimum absolute atomic E-state index is 0.0592. The Bertz CT molecular complexity index is 870. The number of aromatic nitrogens is 5. The summed E-state index contributed by atoms with van der Waals surface area (Å²) in [6.45, 7) is 12.4. The highest BCUT2D eigenvalue weighted by molar-refractivity contribution is 5.87. The predicted octanol–water partition coefficient (Wildman–Crippen LogP) is 1.78. The van der Waals surface area contributed by atoms with Crippen LogP contribution in [0.3, 0.4) is 0 Å². The number of carbonyl (C=O) groups is 2. The zero-order valence-corrected chi connectivity index (χ0v) is 18.0. The third kappa shape index (κ3) is 4.49. The molecule has 0 bridgehead atoms. The molecule has 0 aliphatic carbocycles. The molecule has 0 aromatic carbocycles. The molecule has 29 heavy (non-hydrogen) atoms. The summed E-state index contributed by atoms with van der Waals surface area (Å²) in [4.78, 5) is 29.5. The Kier molecular flexibility index (Phi) is 6.34. The van der Waals surface area contributed by atoms with Gasteiger partial charge in [-0.3, -0.25) is 14.3 Å². The summed E-state index contributed by atoms with van der Waals surface area (Å²) >= 11 is 0. The van der Waals surface area contributed by atoms with E-state index in [4.69, 9.17) is 0 Å². The summed E-state index contributed by atoms with van der Waals surface area (Å²) in [5.41, 5.74) is 2.83. The minimum atomic E-state index is -0.394. The molecule has 0 fully saturated rings. The fourth-order valence-corrected chi connectivity index (χ4v) is 3.73. The molecule has 0 unspecified atom stereocenters. The standard InChI is InChI=1S/C20H31N7O2/c1-6-24(10-16-11-26(7-2)22-15(16)5)19(28)13-25-12-17-9-21-23-27(17)18(20(25)29)8-14(3)4/h9,11,14,18H,6-8,10,12-13H2,1-5H3/t18-/m0/s1. The number of hydrogen-bond acceptors (Lipinski definition) is 5. The maximum atomic E-state index is 13.1. The number of fused-ring (bicyclic) bond motifs is 1. The second kappa shape index (κ2) is 8.75. The Morgan fingerprint density at radius 3 is 2.72 bits per heavy atom. The highest BCUT2D eigenvalue weighted by atomic mass is 16.2. The summed E-state index contributed by atoms with van der Waals surface area (Å²) < 4.78 is 3.59. The van der Waals surface area contributed by atoms with Crippen LogP contribution in [0, 0.1) is 12.8 Å². The van der Waals surface area contributed by atoms with Crippen molar-refractivity contribution in [3.63, 3.8) is 0 Å². The molecule has 0 saturated heterocycles. The number of likely N-dealkylation sites (N-methyl/N-ethyl adjacent to an activating group) is 1. The zero-order chi connectivity index (χ0) is 21.1. The monoisotopic (exact) mass is 401 g/mol. The highest BCUT2D eigenvalue weighted by Gasteiger charge is 2.35. The molecule has 0 spiro atoms. The quantitative estimate of drug-likeness (QED) is 0.673. The fraction of sp³-hybridized carbons (Fsp3) is 0.650. The van der Waals surface area contributed by atoms with Gasteiger partial charge in [-0.15, -0.1) is 5.10 Å². The minimum Gasteiger partial charge on any atom is -0.337 e. The smallest absolute Gasteiger partial charge is 0.248 e. The number of amides is 2. The van der Waals surface area contributed by atoms with Crippen LogP contribution >= 0.6 is 0 Å². The molecular formula is C20H31N7O2. The van der Waals surface area contributed by atoms with Crippen molar-refractivity contribution in [2.24, 2.45) is 5.92 Å². The van der Waals surface area contributed by atoms with Crippen LogP contribution in [0.15, 0.2) is 12.4 Å². The first-order chi connectivity index (χ1) is 13.8. The molecule has 1 aliphatic heterocycles. The molecule has 2 aromatic heterocycles. The fourth-order valence-electron chi connectivity index (χ4n) is 3.73. The molecule has 0 saturated carbocycles. The molecule has 9 heteroatoms. The molecule has 3 rings (SSSR count). The molecule has 0 N–H and O–H groups in total. The van der Waals surface area contributed by atoms with Gasteiger partial charge in [0.1, 0.15) is 12.6 Å². The van der Waals surface area contributed by atoms with Crippen molar-refractivity contribution >= 4 is 11.8 Å². The lowest BCUT2D eigenvalue weighted by Gasteiger charge is -2.34. The first kappa shape index (κ1) is 21.0.